The van der Waals surface area contributed by atoms with E-state index in [-0.39, 0.29) is 12.1 Å². The maximum Gasteiger partial charge on any atom is 0.119 e. The highest BCUT2D eigenvalue weighted by Gasteiger charge is 2.08. The van der Waals surface area contributed by atoms with Crippen LogP contribution in [0.15, 0.2) is 30.3 Å². The van der Waals surface area contributed by atoms with Crippen LogP contribution >= 0.6 is 0 Å². The van der Waals surface area contributed by atoms with Crippen molar-refractivity contribution in [3.63, 3.8) is 0 Å². The molecule has 16 heavy (non-hydrogen) atoms. The highest BCUT2D eigenvalue weighted by Crippen LogP contribution is 2.08. The average molecular weight is 223 g/mol. The molecule has 0 aliphatic heterocycles. The monoisotopic (exact) mass is 223 g/mol. The van der Waals surface area contributed by atoms with Gasteiger partial charge in [0.1, 0.15) is 12.4 Å². The molecule has 0 amide bonds. The summed E-state index contributed by atoms with van der Waals surface area (Å²) in [7, 11) is 1.92. The molecular formula is C13H21NO2. The first-order valence-electron chi connectivity index (χ1n) is 5.69. The Balaban J connectivity index is 2.28. The molecule has 3 heteroatoms. The molecule has 0 heterocycles. The van der Waals surface area contributed by atoms with Crippen LogP contribution in [0.2, 0.25) is 0 Å². The minimum Gasteiger partial charge on any atom is -0.492 e. The van der Waals surface area contributed by atoms with E-state index in [0.29, 0.717) is 13.2 Å². The fourth-order valence-corrected chi connectivity index (χ4v) is 1.24. The molecule has 0 saturated heterocycles. The zero-order chi connectivity index (χ0) is 11.8. The summed E-state index contributed by atoms with van der Waals surface area (Å²) in [6, 6.07) is 10.0. The number of hydrogen-bond acceptors (Lipinski definition) is 3. The van der Waals surface area contributed by atoms with Crippen molar-refractivity contribution in [1.29, 1.82) is 0 Å². The Labute approximate surface area is 97.8 Å². The number of para-hydroxylation sites is 1. The van der Waals surface area contributed by atoms with E-state index < -0.39 is 0 Å². The molecule has 0 radical (unpaired) electrons. The van der Waals surface area contributed by atoms with E-state index in [1.807, 2.05) is 51.2 Å². The number of rotatable bonds is 7. The van der Waals surface area contributed by atoms with E-state index in [9.17, 15) is 0 Å². The van der Waals surface area contributed by atoms with Crippen LogP contribution < -0.4 is 10.1 Å². The van der Waals surface area contributed by atoms with Crippen molar-refractivity contribution in [2.24, 2.45) is 0 Å². The van der Waals surface area contributed by atoms with Gasteiger partial charge in [-0.3, -0.25) is 0 Å². The molecule has 0 aliphatic carbocycles. The van der Waals surface area contributed by atoms with Gasteiger partial charge in [0, 0.05) is 0 Å². The summed E-state index contributed by atoms with van der Waals surface area (Å²) >= 11 is 0. The van der Waals surface area contributed by atoms with Gasteiger partial charge in [0.05, 0.1) is 18.8 Å². The van der Waals surface area contributed by atoms with E-state index in [1.54, 1.807) is 0 Å². The number of nitrogens with one attached hydrogen (secondary N) is 1. The van der Waals surface area contributed by atoms with Gasteiger partial charge in [-0.05, 0) is 33.0 Å². The Bertz CT molecular complexity index is 275. The summed E-state index contributed by atoms with van der Waals surface area (Å²) < 4.78 is 11.2. The Morgan fingerprint density at radius 1 is 1.12 bits per heavy atom. The maximum atomic E-state index is 5.65. The van der Waals surface area contributed by atoms with E-state index >= 15 is 0 Å². The molecule has 1 aromatic rings. The van der Waals surface area contributed by atoms with Crippen LogP contribution in [0.3, 0.4) is 0 Å². The highest BCUT2D eigenvalue weighted by molar-refractivity contribution is 5.20. The maximum absolute atomic E-state index is 5.65. The Hall–Kier alpha value is -1.06. The number of likely N-dealkylation sites (N-methyl/N-ethyl adjacent to an activating group) is 1. The largest absolute Gasteiger partial charge is 0.492 e. The van der Waals surface area contributed by atoms with E-state index in [4.69, 9.17) is 9.47 Å². The molecule has 0 spiro atoms. The summed E-state index contributed by atoms with van der Waals surface area (Å²) in [5.41, 5.74) is 0. The normalized spacial score (nSPS) is 12.8. The van der Waals surface area contributed by atoms with Crippen LogP contribution in [0.5, 0.6) is 5.75 Å². The van der Waals surface area contributed by atoms with Crippen LogP contribution in [0, 0.1) is 0 Å². The van der Waals surface area contributed by atoms with Crippen molar-refractivity contribution in [1.82, 2.24) is 5.32 Å². The fourth-order valence-electron chi connectivity index (χ4n) is 1.24. The van der Waals surface area contributed by atoms with Crippen molar-refractivity contribution in [3.8, 4) is 5.75 Å². The van der Waals surface area contributed by atoms with Crippen LogP contribution in [0.1, 0.15) is 13.8 Å². The first-order chi connectivity index (χ1) is 7.72. The van der Waals surface area contributed by atoms with Crippen molar-refractivity contribution in [3.05, 3.63) is 30.3 Å². The Morgan fingerprint density at radius 3 is 2.38 bits per heavy atom. The van der Waals surface area contributed by atoms with Gasteiger partial charge in [0.2, 0.25) is 0 Å². The van der Waals surface area contributed by atoms with Crippen LogP contribution in [-0.2, 0) is 4.74 Å². The molecule has 0 aliphatic rings. The molecule has 90 valence electrons. The average Bonchev–Trinajstić information content (AvgIpc) is 2.30. The molecule has 1 unspecified atom stereocenters. The van der Waals surface area contributed by atoms with E-state index in [1.165, 1.54) is 0 Å². The number of benzene rings is 1. The summed E-state index contributed by atoms with van der Waals surface area (Å²) in [6.45, 7) is 5.35. The molecule has 1 aromatic carbocycles. The lowest BCUT2D eigenvalue weighted by Gasteiger charge is -2.18. The van der Waals surface area contributed by atoms with E-state index in [0.717, 1.165) is 5.75 Å². The van der Waals surface area contributed by atoms with E-state index in [2.05, 4.69) is 5.32 Å². The lowest BCUT2D eigenvalue weighted by Crippen LogP contribution is -2.36. The zero-order valence-electron chi connectivity index (χ0n) is 10.3. The topological polar surface area (TPSA) is 30.5 Å². The van der Waals surface area contributed by atoms with Crippen molar-refractivity contribution in [2.75, 3.05) is 20.3 Å². The molecule has 1 atom stereocenters. The first-order valence-corrected chi connectivity index (χ1v) is 5.69. The van der Waals surface area contributed by atoms with Gasteiger partial charge in [-0.1, -0.05) is 18.2 Å². The van der Waals surface area contributed by atoms with Gasteiger partial charge in [0.25, 0.3) is 0 Å². The molecular weight excluding hydrogens is 202 g/mol. The van der Waals surface area contributed by atoms with Gasteiger partial charge in [-0.15, -0.1) is 0 Å². The lowest BCUT2D eigenvalue weighted by molar-refractivity contribution is 0.0519. The molecule has 3 nitrogen and oxygen atoms in total. The smallest absolute Gasteiger partial charge is 0.119 e. The third kappa shape index (κ3) is 5.14. The SMILES string of the molecule is CNC(COc1ccccc1)COC(C)C. The van der Waals surface area contributed by atoms with Crippen molar-refractivity contribution >= 4 is 0 Å². The predicted octanol–water partition coefficient (Wildman–Crippen LogP) is 2.08. The fraction of sp³-hybridized carbons (Fsp3) is 0.538. The second-order valence-corrected chi connectivity index (χ2v) is 3.99. The Kier molecular flexibility index (Phi) is 5.90. The molecule has 0 saturated carbocycles. The van der Waals surface area contributed by atoms with Crippen LogP contribution in [0.4, 0.5) is 0 Å². The minimum absolute atomic E-state index is 0.225. The van der Waals surface area contributed by atoms with Gasteiger partial charge < -0.3 is 14.8 Å². The molecule has 1 rings (SSSR count). The molecule has 0 fully saturated rings. The van der Waals surface area contributed by atoms with Gasteiger partial charge in [0.15, 0.2) is 0 Å². The van der Waals surface area contributed by atoms with Crippen molar-refractivity contribution in [2.45, 2.75) is 26.0 Å². The minimum atomic E-state index is 0.225. The summed E-state index contributed by atoms with van der Waals surface area (Å²) in [4.78, 5) is 0. The summed E-state index contributed by atoms with van der Waals surface area (Å²) in [6.07, 6.45) is 0.257. The van der Waals surface area contributed by atoms with Gasteiger partial charge in [-0.25, -0.2) is 0 Å². The molecule has 0 aromatic heterocycles. The summed E-state index contributed by atoms with van der Waals surface area (Å²) in [5, 5.41) is 3.18. The van der Waals surface area contributed by atoms with Crippen LogP contribution in [-0.4, -0.2) is 32.4 Å². The van der Waals surface area contributed by atoms with Gasteiger partial charge in [-0.2, -0.15) is 0 Å². The third-order valence-electron chi connectivity index (χ3n) is 2.23. The van der Waals surface area contributed by atoms with Crippen LogP contribution in [0.25, 0.3) is 0 Å². The molecule has 1 N–H and O–H groups in total. The quantitative estimate of drug-likeness (QED) is 0.767. The number of ether oxygens (including phenoxy) is 2. The zero-order valence-corrected chi connectivity index (χ0v) is 10.3. The predicted molar refractivity (Wildman–Crippen MR) is 65.9 cm³/mol. The molecule has 0 bridgehead atoms. The second-order valence-electron chi connectivity index (χ2n) is 3.99. The summed E-state index contributed by atoms with van der Waals surface area (Å²) in [5.74, 6) is 0.896. The standard InChI is InChI=1S/C13H21NO2/c1-11(2)15-9-12(14-3)10-16-13-7-5-4-6-8-13/h4-8,11-12,14H,9-10H2,1-3H3. The van der Waals surface area contributed by atoms with Crippen molar-refractivity contribution < 1.29 is 9.47 Å². The number of hydrogen-bond donors (Lipinski definition) is 1. The second kappa shape index (κ2) is 7.25. The highest BCUT2D eigenvalue weighted by atomic mass is 16.5. The lowest BCUT2D eigenvalue weighted by atomic mass is 10.3. The first kappa shape index (κ1) is 13.0. The van der Waals surface area contributed by atoms with Gasteiger partial charge >= 0.3 is 0 Å². The Morgan fingerprint density at radius 2 is 1.81 bits per heavy atom. The third-order valence-corrected chi connectivity index (χ3v) is 2.23.